The lowest BCUT2D eigenvalue weighted by Crippen LogP contribution is -2.13. The van der Waals surface area contributed by atoms with E-state index in [4.69, 9.17) is 0 Å². The molecule has 0 amide bonds. The van der Waals surface area contributed by atoms with Gasteiger partial charge in [0.25, 0.3) is 0 Å². The van der Waals surface area contributed by atoms with Crippen molar-refractivity contribution in [1.82, 2.24) is 9.13 Å². The van der Waals surface area contributed by atoms with Crippen molar-refractivity contribution in [2.45, 2.75) is 0 Å². The highest BCUT2D eigenvalue weighted by atomic mass is 16.1. The summed E-state index contributed by atoms with van der Waals surface area (Å²) in [6, 6.07) is 27.4. The van der Waals surface area contributed by atoms with Crippen LogP contribution in [0.2, 0.25) is 0 Å². The first kappa shape index (κ1) is 18.6. The number of nitrogens with zero attached hydrogens (tertiary/aromatic N) is 2. The molecule has 0 aliphatic heterocycles. The third-order valence-electron chi connectivity index (χ3n) is 6.55. The van der Waals surface area contributed by atoms with Crippen LogP contribution >= 0.6 is 0 Å². The van der Waals surface area contributed by atoms with E-state index in [-0.39, 0.29) is 10.9 Å². The van der Waals surface area contributed by atoms with E-state index in [0.29, 0.717) is 21.5 Å². The van der Waals surface area contributed by atoms with Gasteiger partial charge in [-0.15, -0.1) is 0 Å². The van der Waals surface area contributed by atoms with Crippen LogP contribution in [0.5, 0.6) is 0 Å². The first-order valence-electron chi connectivity index (χ1n) is 10.6. The average Bonchev–Trinajstić information content (AvgIpc) is 2.85. The van der Waals surface area contributed by atoms with Crippen molar-refractivity contribution in [3.8, 4) is 11.1 Å². The third-order valence-corrected chi connectivity index (χ3v) is 6.55. The smallest absolute Gasteiger partial charge is 0.197 e. The predicted octanol–water partition coefficient (Wildman–Crippen LogP) is 5.36. The van der Waals surface area contributed by atoms with Gasteiger partial charge < -0.3 is 9.13 Å². The van der Waals surface area contributed by atoms with Gasteiger partial charge in [-0.25, -0.2) is 0 Å². The quantitative estimate of drug-likeness (QED) is 0.339. The summed E-state index contributed by atoms with van der Waals surface area (Å²) in [5.41, 5.74) is 5.34. The summed E-state index contributed by atoms with van der Waals surface area (Å²) in [4.78, 5) is 26.8. The fourth-order valence-corrected chi connectivity index (χ4v) is 4.81. The number of fused-ring (bicyclic) bond motifs is 4. The summed E-state index contributed by atoms with van der Waals surface area (Å²) < 4.78 is 4.01. The van der Waals surface area contributed by atoms with Gasteiger partial charge in [0, 0.05) is 35.6 Å². The zero-order valence-electron chi connectivity index (χ0n) is 17.8. The van der Waals surface area contributed by atoms with Crippen LogP contribution in [0.1, 0.15) is 0 Å². The van der Waals surface area contributed by atoms with Crippen molar-refractivity contribution in [2.24, 2.45) is 14.1 Å². The summed E-state index contributed by atoms with van der Waals surface area (Å²) in [5.74, 6) is 0. The van der Waals surface area contributed by atoms with Gasteiger partial charge >= 0.3 is 0 Å². The second-order valence-electron chi connectivity index (χ2n) is 8.28. The second-order valence-corrected chi connectivity index (χ2v) is 8.28. The number of pyridine rings is 2. The molecule has 0 fully saturated rings. The fourth-order valence-electron chi connectivity index (χ4n) is 4.81. The van der Waals surface area contributed by atoms with Gasteiger partial charge in [0.2, 0.25) is 0 Å². The highest BCUT2D eigenvalue weighted by Crippen LogP contribution is 2.27. The first-order valence-corrected chi connectivity index (χ1v) is 10.6. The summed E-state index contributed by atoms with van der Waals surface area (Å²) in [6.45, 7) is 0. The highest BCUT2D eigenvalue weighted by Gasteiger charge is 2.15. The number of hydrogen-bond donors (Lipinski definition) is 0. The second kappa shape index (κ2) is 6.66. The third kappa shape index (κ3) is 2.50. The molecule has 4 nitrogen and oxygen atoms in total. The first-order chi connectivity index (χ1) is 15.5. The summed E-state index contributed by atoms with van der Waals surface area (Å²) in [5, 5.41) is 2.58. The van der Waals surface area contributed by atoms with Crippen LogP contribution < -0.4 is 10.9 Å². The largest absolute Gasteiger partial charge is 0.343 e. The van der Waals surface area contributed by atoms with Gasteiger partial charge in [0.15, 0.2) is 10.9 Å². The monoisotopic (exact) mass is 416 g/mol. The van der Waals surface area contributed by atoms with Crippen LogP contribution in [-0.4, -0.2) is 9.13 Å². The average molecular weight is 416 g/mol. The molecule has 4 aromatic carbocycles. The Labute approximate surface area is 183 Å². The molecule has 154 valence electrons. The SMILES string of the molecule is Cn1c2ccccc2c(=O)c2cc3c(cc21)c(=O)c1ccc(-c2ccccc2)cc1n3C. The molecule has 2 heterocycles. The number of rotatable bonds is 1. The van der Waals surface area contributed by atoms with Crippen LogP contribution in [0.4, 0.5) is 0 Å². The fraction of sp³-hybridized carbons (Fsp3) is 0.0714. The van der Waals surface area contributed by atoms with E-state index in [0.717, 1.165) is 33.2 Å². The molecule has 0 unspecified atom stereocenters. The summed E-state index contributed by atoms with van der Waals surface area (Å²) in [6.07, 6.45) is 0. The zero-order valence-corrected chi connectivity index (χ0v) is 17.8. The standard InChI is InChI=1S/C28H20N2O2/c1-29-23-11-7-6-10-19(23)27(31)21-16-26-22(15-25(21)29)28(32)20-13-12-18(14-24(20)30(26)2)17-8-4-3-5-9-17/h3-16H,1-2H3. The minimum Gasteiger partial charge on any atom is -0.343 e. The molecule has 2 aromatic heterocycles. The van der Waals surface area contributed by atoms with E-state index in [1.807, 2.05) is 96.0 Å². The van der Waals surface area contributed by atoms with Gasteiger partial charge in [0.1, 0.15) is 0 Å². The molecule has 0 saturated heterocycles. The molecule has 6 aromatic rings. The topological polar surface area (TPSA) is 44.0 Å². The van der Waals surface area contributed by atoms with Crippen LogP contribution in [0.15, 0.2) is 94.5 Å². The normalized spacial score (nSPS) is 11.7. The van der Waals surface area contributed by atoms with E-state index in [1.54, 1.807) is 0 Å². The lowest BCUT2D eigenvalue weighted by molar-refractivity contribution is 0.994. The molecule has 6 rings (SSSR count). The van der Waals surface area contributed by atoms with Crippen molar-refractivity contribution in [3.05, 3.63) is 105 Å². The maximum Gasteiger partial charge on any atom is 0.197 e. The molecule has 0 radical (unpaired) electrons. The summed E-state index contributed by atoms with van der Waals surface area (Å²) >= 11 is 0. The van der Waals surface area contributed by atoms with Crippen molar-refractivity contribution >= 4 is 43.6 Å². The van der Waals surface area contributed by atoms with E-state index in [1.165, 1.54) is 0 Å². The van der Waals surface area contributed by atoms with Crippen molar-refractivity contribution in [1.29, 1.82) is 0 Å². The van der Waals surface area contributed by atoms with Gasteiger partial charge in [-0.1, -0.05) is 48.5 Å². The minimum atomic E-state index is -0.0183. The van der Waals surface area contributed by atoms with Gasteiger partial charge in [-0.2, -0.15) is 0 Å². The Bertz CT molecular complexity index is 1830. The van der Waals surface area contributed by atoms with E-state index < -0.39 is 0 Å². The van der Waals surface area contributed by atoms with Crippen LogP contribution in [-0.2, 0) is 14.1 Å². The Balaban J connectivity index is 1.76. The van der Waals surface area contributed by atoms with Gasteiger partial charge in [-0.3, -0.25) is 9.59 Å². The van der Waals surface area contributed by atoms with Gasteiger partial charge in [-0.05, 0) is 47.5 Å². The lowest BCUT2D eigenvalue weighted by atomic mass is 10.0. The van der Waals surface area contributed by atoms with Gasteiger partial charge in [0.05, 0.1) is 22.1 Å². The maximum atomic E-state index is 13.5. The molecule has 0 bridgehead atoms. The number of benzene rings is 4. The van der Waals surface area contributed by atoms with Crippen molar-refractivity contribution < 1.29 is 0 Å². The van der Waals surface area contributed by atoms with E-state index >= 15 is 0 Å². The molecular weight excluding hydrogens is 396 g/mol. The molecular formula is C28H20N2O2. The van der Waals surface area contributed by atoms with E-state index in [9.17, 15) is 9.59 Å². The Kier molecular flexibility index (Phi) is 3.87. The molecule has 0 N–H and O–H groups in total. The Morgan fingerprint density at radius 2 is 1.00 bits per heavy atom. The van der Waals surface area contributed by atoms with Crippen LogP contribution in [0.3, 0.4) is 0 Å². The molecule has 0 aliphatic carbocycles. The number of aryl methyl sites for hydroxylation is 2. The molecule has 0 saturated carbocycles. The Hall–Kier alpha value is -4.18. The summed E-state index contributed by atoms with van der Waals surface area (Å²) in [7, 11) is 3.89. The van der Waals surface area contributed by atoms with E-state index in [2.05, 4.69) is 12.1 Å². The number of hydrogen-bond acceptors (Lipinski definition) is 2. The molecule has 32 heavy (non-hydrogen) atoms. The lowest BCUT2D eigenvalue weighted by Gasteiger charge is -2.15. The van der Waals surface area contributed by atoms with Crippen LogP contribution in [0, 0.1) is 0 Å². The highest BCUT2D eigenvalue weighted by molar-refractivity contribution is 6.04. The molecule has 4 heteroatoms. The zero-order chi connectivity index (χ0) is 22.0. The van der Waals surface area contributed by atoms with Crippen molar-refractivity contribution in [3.63, 3.8) is 0 Å². The Morgan fingerprint density at radius 3 is 1.69 bits per heavy atom. The molecule has 0 aliphatic rings. The Morgan fingerprint density at radius 1 is 0.469 bits per heavy atom. The molecule has 0 atom stereocenters. The van der Waals surface area contributed by atoms with Crippen molar-refractivity contribution in [2.75, 3.05) is 0 Å². The maximum absolute atomic E-state index is 13.5. The van der Waals surface area contributed by atoms with Crippen LogP contribution in [0.25, 0.3) is 54.7 Å². The predicted molar refractivity (Wildman–Crippen MR) is 132 cm³/mol. The molecule has 0 spiro atoms. The number of aromatic nitrogens is 2. The minimum absolute atomic E-state index is 0.0128. The number of para-hydroxylation sites is 1.